The second-order valence-corrected chi connectivity index (χ2v) is 7.07. The van der Waals surface area contributed by atoms with Gasteiger partial charge in [-0.25, -0.2) is 4.79 Å². The Morgan fingerprint density at radius 1 is 1.30 bits per heavy atom. The summed E-state index contributed by atoms with van der Waals surface area (Å²) in [4.78, 5) is 29.1. The van der Waals surface area contributed by atoms with E-state index in [9.17, 15) is 14.7 Å². The number of nitrogens with zero attached hydrogens (tertiary/aromatic N) is 2. The van der Waals surface area contributed by atoms with E-state index in [1.165, 1.54) is 4.57 Å². The Hall–Kier alpha value is -2.59. The summed E-state index contributed by atoms with van der Waals surface area (Å²) in [6.45, 7) is 4.22. The number of anilines is 1. The van der Waals surface area contributed by atoms with Gasteiger partial charge in [0.2, 0.25) is 0 Å². The quantitative estimate of drug-likeness (QED) is 0.626. The lowest BCUT2D eigenvalue weighted by atomic mass is 10.1. The van der Waals surface area contributed by atoms with Crippen LogP contribution in [0.25, 0.3) is 0 Å². The predicted molar refractivity (Wildman–Crippen MR) is 109 cm³/mol. The molecule has 1 unspecified atom stereocenters. The van der Waals surface area contributed by atoms with Gasteiger partial charge in [0.25, 0.3) is 5.91 Å². The second-order valence-electron chi connectivity index (χ2n) is 7.07. The number of hydrogen-bond donors (Lipinski definition) is 2. The zero-order valence-corrected chi connectivity index (χ0v) is 17.3. The first-order valence-corrected chi connectivity index (χ1v) is 9.86. The molecule has 2 N–H and O–H groups in total. The fourth-order valence-electron chi connectivity index (χ4n) is 3.37. The smallest absolute Gasteiger partial charge is 0.351 e. The molecule has 30 heavy (non-hydrogen) atoms. The van der Waals surface area contributed by atoms with E-state index in [0.717, 1.165) is 0 Å². The molecule has 0 radical (unpaired) electrons. The van der Waals surface area contributed by atoms with Crippen LogP contribution in [-0.4, -0.2) is 59.2 Å². The van der Waals surface area contributed by atoms with Crippen molar-refractivity contribution in [2.75, 3.05) is 25.6 Å². The van der Waals surface area contributed by atoms with Gasteiger partial charge in [0.1, 0.15) is 18.0 Å². The molecule has 1 aromatic heterocycles. The van der Waals surface area contributed by atoms with Gasteiger partial charge in [0.15, 0.2) is 6.23 Å². The zero-order chi connectivity index (χ0) is 21.7. The number of methoxy groups -OCH3 is 1. The first-order chi connectivity index (χ1) is 14.5. The van der Waals surface area contributed by atoms with Gasteiger partial charge in [0, 0.05) is 24.4 Å². The van der Waals surface area contributed by atoms with E-state index < -0.39 is 30.2 Å². The van der Waals surface area contributed by atoms with E-state index in [0.29, 0.717) is 24.2 Å². The summed E-state index contributed by atoms with van der Waals surface area (Å²) in [6, 6.07) is 8.67. The molecule has 0 aliphatic carbocycles. The molecule has 2 heterocycles. The SMILES string of the molecule is CC[C@H]1O[C@@H](n2cc(C)c(NC(=O)c3ccccc3)nc2=O)C(OCCOC)[C@H]1O. The Morgan fingerprint density at radius 2 is 2.03 bits per heavy atom. The molecule has 1 aliphatic heterocycles. The van der Waals surface area contributed by atoms with Crippen molar-refractivity contribution < 1.29 is 24.1 Å². The van der Waals surface area contributed by atoms with Crippen LogP contribution < -0.4 is 11.0 Å². The highest BCUT2D eigenvalue weighted by Gasteiger charge is 2.45. The van der Waals surface area contributed by atoms with Gasteiger partial charge < -0.3 is 24.6 Å². The highest BCUT2D eigenvalue weighted by molar-refractivity contribution is 6.03. The van der Waals surface area contributed by atoms with Crippen molar-refractivity contribution in [3.05, 3.63) is 58.1 Å². The maximum Gasteiger partial charge on any atom is 0.351 e. The molecule has 1 amide bonds. The number of ether oxygens (including phenoxy) is 3. The van der Waals surface area contributed by atoms with Gasteiger partial charge in [0.05, 0.1) is 19.3 Å². The van der Waals surface area contributed by atoms with Gasteiger partial charge in [-0.05, 0) is 25.5 Å². The molecular formula is C21H27N3O6. The van der Waals surface area contributed by atoms with Crippen molar-refractivity contribution in [2.24, 2.45) is 0 Å². The molecule has 0 saturated carbocycles. The number of aliphatic hydroxyl groups excluding tert-OH is 1. The van der Waals surface area contributed by atoms with Crippen molar-refractivity contribution in [3.63, 3.8) is 0 Å². The molecule has 4 atom stereocenters. The number of amides is 1. The lowest BCUT2D eigenvalue weighted by molar-refractivity contribution is -0.0797. The summed E-state index contributed by atoms with van der Waals surface area (Å²) in [5.41, 5.74) is 0.424. The average molecular weight is 417 g/mol. The molecule has 1 aliphatic rings. The molecule has 3 rings (SSSR count). The first kappa shape index (κ1) is 22.1. The normalized spacial score (nSPS) is 23.5. The van der Waals surface area contributed by atoms with E-state index in [1.54, 1.807) is 44.5 Å². The van der Waals surface area contributed by atoms with Crippen molar-refractivity contribution in [3.8, 4) is 0 Å². The monoisotopic (exact) mass is 417 g/mol. The molecule has 1 fully saturated rings. The third-order valence-corrected chi connectivity index (χ3v) is 4.99. The summed E-state index contributed by atoms with van der Waals surface area (Å²) >= 11 is 0. The van der Waals surface area contributed by atoms with Crippen LogP contribution in [0.5, 0.6) is 0 Å². The van der Waals surface area contributed by atoms with E-state index >= 15 is 0 Å². The first-order valence-electron chi connectivity index (χ1n) is 9.86. The lowest BCUT2D eigenvalue weighted by Crippen LogP contribution is -2.38. The number of aliphatic hydroxyl groups is 1. The number of nitrogens with one attached hydrogen (secondary N) is 1. The highest BCUT2D eigenvalue weighted by atomic mass is 16.6. The maximum atomic E-state index is 12.7. The molecule has 9 heteroatoms. The van der Waals surface area contributed by atoms with Gasteiger partial charge in [-0.15, -0.1) is 0 Å². The van der Waals surface area contributed by atoms with Crippen LogP contribution in [0.4, 0.5) is 5.82 Å². The zero-order valence-electron chi connectivity index (χ0n) is 17.3. The fraction of sp³-hybridized carbons (Fsp3) is 0.476. The van der Waals surface area contributed by atoms with Crippen LogP contribution in [0.15, 0.2) is 41.3 Å². The number of benzene rings is 1. The van der Waals surface area contributed by atoms with Crippen molar-refractivity contribution in [2.45, 2.75) is 44.8 Å². The van der Waals surface area contributed by atoms with Crippen molar-refractivity contribution >= 4 is 11.7 Å². The third-order valence-electron chi connectivity index (χ3n) is 4.99. The Labute approximate surface area is 174 Å². The van der Waals surface area contributed by atoms with E-state index in [4.69, 9.17) is 14.2 Å². The summed E-state index contributed by atoms with van der Waals surface area (Å²) < 4.78 is 17.9. The summed E-state index contributed by atoms with van der Waals surface area (Å²) in [6.07, 6.45) is -0.812. The van der Waals surface area contributed by atoms with Crippen LogP contribution in [0.1, 0.15) is 35.5 Å². The highest BCUT2D eigenvalue weighted by Crippen LogP contribution is 2.32. The number of hydrogen-bond acceptors (Lipinski definition) is 7. The second kappa shape index (κ2) is 9.94. The van der Waals surface area contributed by atoms with Gasteiger partial charge in [-0.1, -0.05) is 25.1 Å². The predicted octanol–water partition coefficient (Wildman–Crippen LogP) is 1.50. The van der Waals surface area contributed by atoms with Crippen LogP contribution in [-0.2, 0) is 14.2 Å². The molecule has 0 spiro atoms. The molecule has 1 aromatic carbocycles. The molecule has 162 valence electrons. The fourth-order valence-corrected chi connectivity index (χ4v) is 3.37. The average Bonchev–Trinajstić information content (AvgIpc) is 3.06. The Bertz CT molecular complexity index is 917. The van der Waals surface area contributed by atoms with Gasteiger partial charge in [-0.2, -0.15) is 4.98 Å². The van der Waals surface area contributed by atoms with E-state index in [2.05, 4.69) is 10.3 Å². The minimum atomic E-state index is -0.887. The van der Waals surface area contributed by atoms with Crippen LogP contribution in [0.2, 0.25) is 0 Å². The number of carbonyl (C=O) groups is 1. The maximum absolute atomic E-state index is 12.7. The molecule has 9 nitrogen and oxygen atoms in total. The standard InChI is InChI=1S/C21H27N3O6/c1-4-15-16(25)17(29-11-10-28-3)20(30-15)24-12-13(2)18(23-21(24)27)22-19(26)14-8-6-5-7-9-14/h5-9,12,15-17,20,25H,4,10-11H2,1-3H3,(H,22,23,26,27)/t15-,16+,17?,20-/m1/s1. The summed E-state index contributed by atoms with van der Waals surface area (Å²) in [5.74, 6) is -0.185. The van der Waals surface area contributed by atoms with Crippen molar-refractivity contribution in [1.29, 1.82) is 0 Å². The van der Waals surface area contributed by atoms with E-state index in [-0.39, 0.29) is 18.3 Å². The minimum absolute atomic E-state index is 0.174. The molecule has 1 saturated heterocycles. The number of carbonyl (C=O) groups excluding carboxylic acids is 1. The summed E-state index contributed by atoms with van der Waals surface area (Å²) in [7, 11) is 1.55. The van der Waals surface area contributed by atoms with Crippen LogP contribution in [0.3, 0.4) is 0 Å². The minimum Gasteiger partial charge on any atom is -0.388 e. The Balaban J connectivity index is 1.84. The topological polar surface area (TPSA) is 112 Å². The van der Waals surface area contributed by atoms with Crippen LogP contribution in [0, 0.1) is 6.92 Å². The molecular weight excluding hydrogens is 390 g/mol. The van der Waals surface area contributed by atoms with E-state index in [1.807, 2.05) is 13.0 Å². The Morgan fingerprint density at radius 3 is 2.70 bits per heavy atom. The number of aromatic nitrogens is 2. The molecule has 0 bridgehead atoms. The number of rotatable bonds is 8. The Kier molecular flexibility index (Phi) is 7.33. The van der Waals surface area contributed by atoms with Crippen molar-refractivity contribution in [1.82, 2.24) is 9.55 Å². The number of aryl methyl sites for hydroxylation is 1. The third kappa shape index (κ3) is 4.76. The van der Waals surface area contributed by atoms with Gasteiger partial charge in [-0.3, -0.25) is 9.36 Å². The van der Waals surface area contributed by atoms with Crippen LogP contribution >= 0.6 is 0 Å². The largest absolute Gasteiger partial charge is 0.388 e. The van der Waals surface area contributed by atoms with Gasteiger partial charge >= 0.3 is 5.69 Å². The lowest BCUT2D eigenvalue weighted by Gasteiger charge is -2.23. The molecule has 2 aromatic rings. The summed E-state index contributed by atoms with van der Waals surface area (Å²) in [5, 5.41) is 13.2.